The molecular formula is C44H64N6O11. The van der Waals surface area contributed by atoms with Gasteiger partial charge in [0.05, 0.1) is 43.3 Å². The lowest BCUT2D eigenvalue weighted by Crippen LogP contribution is -2.59. The van der Waals surface area contributed by atoms with Gasteiger partial charge >= 0.3 is 5.97 Å². The lowest BCUT2D eigenvalue weighted by atomic mass is 9.76. The van der Waals surface area contributed by atoms with Crippen LogP contribution in [0.4, 0.5) is 0 Å². The summed E-state index contributed by atoms with van der Waals surface area (Å²) >= 11 is 0. The van der Waals surface area contributed by atoms with Crippen LogP contribution < -0.4 is 0 Å². The van der Waals surface area contributed by atoms with Crippen LogP contribution in [0.1, 0.15) is 92.2 Å². The Hall–Kier alpha value is -4.23. The summed E-state index contributed by atoms with van der Waals surface area (Å²) in [6.45, 7) is 16.6. The van der Waals surface area contributed by atoms with Gasteiger partial charge in [-0.3, -0.25) is 14.4 Å². The first-order chi connectivity index (χ1) is 28.8. The molecule has 0 unspecified atom stereocenters. The number of rotatable bonds is 9. The zero-order chi connectivity index (χ0) is 44.8. The SMILES string of the molecule is C=Cc1cnn(-c2ccc(CO/N=C3/CO[C@@H]4CC(=NC(C)=O)[C@H](C)C[C@@](C)(OC3)[C@H](O[C@@H]3O[C@H](C)C[C@H](N(C)C)[C@H]3O)[C@@H](C)C(=O)[C@@H](C)C(=O)O[C@H](CC)[C@@]4(C)O)cn2)c1. The predicted octanol–water partition coefficient (Wildman–Crippen LogP) is 4.10. The Kier molecular flexibility index (Phi) is 15.9. The third-order valence-corrected chi connectivity index (χ3v) is 12.1. The summed E-state index contributed by atoms with van der Waals surface area (Å²) in [5.74, 6) is -4.00. The second-order valence-electron chi connectivity index (χ2n) is 17.3. The zero-order valence-electron chi connectivity index (χ0n) is 37.1. The molecular weight excluding hydrogens is 789 g/mol. The first kappa shape index (κ1) is 47.8. The molecule has 0 radical (unpaired) electrons. The first-order valence-corrected chi connectivity index (χ1v) is 21.0. The number of aromatic nitrogens is 3. The average molecular weight is 853 g/mol. The van der Waals surface area contributed by atoms with Crippen LogP contribution in [0.3, 0.4) is 0 Å². The van der Waals surface area contributed by atoms with E-state index < -0.39 is 77.3 Å². The van der Waals surface area contributed by atoms with Gasteiger partial charge in [0, 0.05) is 54.5 Å². The lowest BCUT2D eigenvalue weighted by Gasteiger charge is -2.47. The fraction of sp³-hybridized carbons (Fsp3) is 0.659. The van der Waals surface area contributed by atoms with E-state index in [9.17, 15) is 24.6 Å². The Morgan fingerprint density at radius 2 is 1.89 bits per heavy atom. The van der Waals surface area contributed by atoms with Crippen LogP contribution in [-0.4, -0.2) is 140 Å². The number of oxime groups is 1. The number of carbonyl (C=O) groups excluding carboxylic acids is 3. The molecule has 336 valence electrons. The van der Waals surface area contributed by atoms with Crippen molar-refractivity contribution in [2.45, 2.75) is 142 Å². The molecule has 0 aliphatic carbocycles. The van der Waals surface area contributed by atoms with Crippen LogP contribution in [0, 0.1) is 17.8 Å². The highest BCUT2D eigenvalue weighted by Gasteiger charge is 2.51. The monoisotopic (exact) mass is 852 g/mol. The van der Waals surface area contributed by atoms with Crippen molar-refractivity contribution in [1.29, 1.82) is 0 Å². The number of ketones is 1. The highest BCUT2D eigenvalue weighted by molar-refractivity contribution is 6.00. The molecule has 17 nitrogen and oxygen atoms in total. The van der Waals surface area contributed by atoms with E-state index in [0.717, 1.165) is 5.56 Å². The second-order valence-corrected chi connectivity index (χ2v) is 17.3. The molecule has 17 heteroatoms. The summed E-state index contributed by atoms with van der Waals surface area (Å²) in [4.78, 5) is 57.7. The van der Waals surface area contributed by atoms with E-state index in [0.29, 0.717) is 23.5 Å². The van der Waals surface area contributed by atoms with Crippen molar-refractivity contribution in [2.75, 3.05) is 27.3 Å². The number of aliphatic hydroxyl groups excluding tert-OH is 1. The molecule has 12 atom stereocenters. The van der Waals surface area contributed by atoms with E-state index in [1.165, 1.54) is 20.8 Å². The Morgan fingerprint density at radius 1 is 1.15 bits per heavy atom. The number of nitrogens with zero attached hydrogens (tertiary/aromatic N) is 6. The molecule has 61 heavy (non-hydrogen) atoms. The smallest absolute Gasteiger partial charge is 0.316 e. The summed E-state index contributed by atoms with van der Waals surface area (Å²) in [6, 6.07) is 3.31. The molecule has 2 bridgehead atoms. The molecule has 3 aliphatic rings. The Labute approximate surface area is 358 Å². The Bertz CT molecular complexity index is 1910. The third kappa shape index (κ3) is 11.4. The van der Waals surface area contributed by atoms with E-state index in [4.69, 9.17) is 28.5 Å². The fourth-order valence-electron chi connectivity index (χ4n) is 8.42. The van der Waals surface area contributed by atoms with E-state index >= 15 is 0 Å². The minimum absolute atomic E-state index is 0.0311. The Balaban J connectivity index is 1.59. The molecule has 0 saturated carbocycles. The number of hydrogen-bond acceptors (Lipinski definition) is 15. The number of Topliss-reactive ketones (excluding diaryl/α,β-unsaturated/α-hetero) is 1. The third-order valence-electron chi connectivity index (χ3n) is 12.1. The number of aliphatic hydroxyl groups is 2. The van der Waals surface area contributed by atoms with Gasteiger partial charge in [0.15, 0.2) is 17.9 Å². The van der Waals surface area contributed by atoms with Crippen molar-refractivity contribution in [1.82, 2.24) is 19.7 Å². The number of amides is 1. The quantitative estimate of drug-likeness (QED) is 0.207. The predicted molar refractivity (Wildman–Crippen MR) is 226 cm³/mol. The molecule has 3 saturated heterocycles. The van der Waals surface area contributed by atoms with Crippen LogP contribution in [0.15, 0.2) is 47.5 Å². The standard InChI is InChI=1S/C44H64N6O11/c1-12-30-20-46-50(21-30)37-15-14-31(19-45-37)22-58-48-32-23-56-36-17-33(47-29(7)51)25(3)18-43(8,57-24-32)40(61-42-39(53)34(49(10)11)16-26(4)59-42)27(5)38(52)28(6)41(54)60-35(13-2)44(36,9)55/h12,14-15,19-21,25-28,34-36,39-40,42,53,55H,1,13,16-18,22-24H2,2-11H3/b47-33?,48-32-/t25-,26-,27+,28-,34+,35-,36-,39-,40-,42+,43-,44-/m1/s1. The van der Waals surface area contributed by atoms with Crippen molar-refractivity contribution in [3.05, 3.63) is 48.4 Å². The zero-order valence-corrected chi connectivity index (χ0v) is 37.1. The highest BCUT2D eigenvalue weighted by atomic mass is 16.7. The van der Waals surface area contributed by atoms with Gasteiger partial charge in [0.25, 0.3) is 0 Å². The molecule has 2 N–H and O–H groups in total. The van der Waals surface area contributed by atoms with E-state index in [2.05, 4.69) is 26.8 Å². The van der Waals surface area contributed by atoms with Crippen LogP contribution in [0.5, 0.6) is 0 Å². The van der Waals surface area contributed by atoms with Gasteiger partial charge in [0.1, 0.15) is 36.0 Å². The summed E-state index contributed by atoms with van der Waals surface area (Å²) in [5.41, 5.74) is -0.985. The second kappa shape index (κ2) is 20.3. The maximum Gasteiger partial charge on any atom is 0.316 e. The number of pyridine rings is 1. The normalized spacial score (nSPS) is 35.9. The topological polar surface area (TPSA) is 206 Å². The number of aliphatic imine (C=N–C) groups is 1. The van der Waals surface area contributed by atoms with Crippen molar-refractivity contribution in [2.24, 2.45) is 27.9 Å². The van der Waals surface area contributed by atoms with Crippen LogP contribution in [0.25, 0.3) is 11.9 Å². The van der Waals surface area contributed by atoms with Crippen LogP contribution >= 0.6 is 0 Å². The maximum absolute atomic E-state index is 14.5. The number of fused-ring (bicyclic) bond motifs is 5. The highest BCUT2D eigenvalue weighted by Crippen LogP contribution is 2.39. The number of esters is 1. The molecule has 0 aromatic carbocycles. The van der Waals surface area contributed by atoms with Crippen molar-refractivity contribution in [3.8, 4) is 5.82 Å². The first-order valence-electron chi connectivity index (χ1n) is 21.0. The minimum Gasteiger partial charge on any atom is -0.459 e. The van der Waals surface area contributed by atoms with Crippen LogP contribution in [0.2, 0.25) is 0 Å². The number of hydrogen-bond donors (Lipinski definition) is 2. The molecule has 0 spiro atoms. The van der Waals surface area contributed by atoms with Crippen molar-refractivity contribution < 1.29 is 53.1 Å². The summed E-state index contributed by atoms with van der Waals surface area (Å²) in [6.07, 6.45) is 1.70. The van der Waals surface area contributed by atoms with Gasteiger partial charge in [0.2, 0.25) is 5.91 Å². The van der Waals surface area contributed by atoms with Gasteiger partial charge in [-0.25, -0.2) is 14.7 Å². The average Bonchev–Trinajstić information content (AvgIpc) is 3.70. The van der Waals surface area contributed by atoms with E-state index in [1.807, 2.05) is 45.1 Å². The molecule has 5 heterocycles. The van der Waals surface area contributed by atoms with Gasteiger partial charge in [-0.15, -0.1) is 0 Å². The molecule has 3 aliphatic heterocycles. The molecule has 1 amide bonds. The van der Waals surface area contributed by atoms with E-state index in [1.54, 1.807) is 50.0 Å². The van der Waals surface area contributed by atoms with E-state index in [-0.39, 0.29) is 56.9 Å². The number of cyclic esters (lactones) is 1. The summed E-state index contributed by atoms with van der Waals surface area (Å²) in [7, 11) is 3.72. The largest absolute Gasteiger partial charge is 0.459 e. The van der Waals surface area contributed by atoms with Crippen LogP contribution in [-0.2, 0) is 49.5 Å². The van der Waals surface area contributed by atoms with Gasteiger partial charge in [-0.05, 0) is 73.0 Å². The summed E-state index contributed by atoms with van der Waals surface area (Å²) in [5, 5.41) is 32.7. The number of carbonyl (C=O) groups is 3. The summed E-state index contributed by atoms with van der Waals surface area (Å²) < 4.78 is 33.9. The van der Waals surface area contributed by atoms with Gasteiger partial charge < -0.3 is 43.6 Å². The van der Waals surface area contributed by atoms with Crippen molar-refractivity contribution in [3.63, 3.8) is 0 Å². The molecule has 5 rings (SSSR count). The number of ether oxygens (including phenoxy) is 5. The van der Waals surface area contributed by atoms with Gasteiger partial charge in [-0.1, -0.05) is 44.6 Å². The number of likely N-dealkylation sites (N-methyl/N-ethyl adjacent to an activating group) is 1. The Morgan fingerprint density at radius 3 is 2.51 bits per heavy atom. The fourth-order valence-corrected chi connectivity index (χ4v) is 8.42. The molecule has 2 aromatic heterocycles. The maximum atomic E-state index is 14.5. The lowest BCUT2D eigenvalue weighted by molar-refractivity contribution is -0.296. The van der Waals surface area contributed by atoms with Gasteiger partial charge in [-0.2, -0.15) is 5.10 Å². The van der Waals surface area contributed by atoms with Crippen molar-refractivity contribution >= 4 is 35.2 Å². The molecule has 3 fully saturated rings. The molecule has 2 aromatic rings. The minimum atomic E-state index is -1.83.